The average molecular weight is 404 g/mol. The zero-order chi connectivity index (χ0) is 21.3. The van der Waals surface area contributed by atoms with Crippen LogP contribution in [0.15, 0.2) is 48.8 Å². The lowest BCUT2D eigenvalue weighted by atomic mass is 10.2. The summed E-state index contributed by atoms with van der Waals surface area (Å²) in [4.78, 5) is 29.1. The number of carbonyl (C=O) groups is 2. The lowest BCUT2D eigenvalue weighted by molar-refractivity contribution is -0.119. The van der Waals surface area contributed by atoms with Gasteiger partial charge in [-0.2, -0.15) is 10.2 Å². The molecule has 1 aromatic carbocycles. The van der Waals surface area contributed by atoms with Crippen molar-refractivity contribution in [3.8, 4) is 5.69 Å². The molecule has 152 valence electrons. The van der Waals surface area contributed by atoms with Crippen LogP contribution < -0.4 is 5.32 Å². The molecular formula is C21H20N6O3. The normalized spacial score (nSPS) is 10.9. The summed E-state index contributed by atoms with van der Waals surface area (Å²) in [6.07, 6.45) is 3.25. The Balaban J connectivity index is 1.46. The van der Waals surface area contributed by atoms with Gasteiger partial charge in [0.2, 0.25) is 0 Å². The molecular weight excluding hydrogens is 384 g/mol. The Kier molecular flexibility index (Phi) is 5.01. The van der Waals surface area contributed by atoms with E-state index in [1.807, 2.05) is 44.2 Å². The predicted molar refractivity (Wildman–Crippen MR) is 110 cm³/mol. The van der Waals surface area contributed by atoms with Crippen LogP contribution in [0.4, 0.5) is 5.69 Å². The number of fused-ring (bicyclic) bond motifs is 1. The summed E-state index contributed by atoms with van der Waals surface area (Å²) in [5, 5.41) is 11.5. The molecule has 0 spiro atoms. The molecule has 3 heterocycles. The van der Waals surface area contributed by atoms with E-state index >= 15 is 0 Å². The number of hydrogen-bond donors (Lipinski definition) is 1. The van der Waals surface area contributed by atoms with Gasteiger partial charge >= 0.3 is 5.97 Å². The first-order valence-corrected chi connectivity index (χ1v) is 9.34. The number of rotatable bonds is 5. The van der Waals surface area contributed by atoms with E-state index in [-0.39, 0.29) is 5.56 Å². The van der Waals surface area contributed by atoms with Gasteiger partial charge in [0.15, 0.2) is 12.3 Å². The molecule has 0 bridgehead atoms. The van der Waals surface area contributed by atoms with Crippen molar-refractivity contribution in [1.82, 2.24) is 24.4 Å². The van der Waals surface area contributed by atoms with Gasteiger partial charge in [0.25, 0.3) is 5.91 Å². The number of carbonyl (C=O) groups excluding carboxylic acids is 2. The molecule has 0 aliphatic rings. The van der Waals surface area contributed by atoms with Gasteiger partial charge < -0.3 is 10.1 Å². The van der Waals surface area contributed by atoms with Crippen LogP contribution in [0.1, 0.15) is 27.4 Å². The molecule has 0 atom stereocenters. The number of aromatic nitrogens is 5. The number of amides is 1. The van der Waals surface area contributed by atoms with E-state index in [0.29, 0.717) is 22.7 Å². The van der Waals surface area contributed by atoms with Gasteiger partial charge in [-0.05, 0) is 39.0 Å². The average Bonchev–Trinajstić information content (AvgIpc) is 3.23. The van der Waals surface area contributed by atoms with Crippen molar-refractivity contribution in [3.63, 3.8) is 0 Å². The smallest absolute Gasteiger partial charge is 0.344 e. The molecule has 1 amide bonds. The summed E-state index contributed by atoms with van der Waals surface area (Å²) in [6.45, 7) is 4.93. The molecule has 0 radical (unpaired) electrons. The Morgan fingerprint density at radius 2 is 1.80 bits per heavy atom. The molecule has 30 heavy (non-hydrogen) atoms. The van der Waals surface area contributed by atoms with Gasteiger partial charge in [-0.25, -0.2) is 19.0 Å². The van der Waals surface area contributed by atoms with Crippen LogP contribution in [0.25, 0.3) is 11.3 Å². The minimum Gasteiger partial charge on any atom is -0.452 e. The highest BCUT2D eigenvalue weighted by Crippen LogP contribution is 2.22. The van der Waals surface area contributed by atoms with Gasteiger partial charge in [0, 0.05) is 12.4 Å². The molecule has 9 heteroatoms. The topological polar surface area (TPSA) is 103 Å². The molecule has 0 aliphatic heterocycles. The highest BCUT2D eigenvalue weighted by Gasteiger charge is 2.21. The minimum absolute atomic E-state index is 0.243. The molecule has 1 N–H and O–H groups in total. The van der Waals surface area contributed by atoms with Crippen LogP contribution in [0.2, 0.25) is 0 Å². The summed E-state index contributed by atoms with van der Waals surface area (Å²) in [6, 6.07) is 11.3. The maximum absolute atomic E-state index is 12.5. The van der Waals surface area contributed by atoms with Crippen molar-refractivity contribution in [2.45, 2.75) is 20.8 Å². The van der Waals surface area contributed by atoms with E-state index in [2.05, 4.69) is 20.5 Å². The number of anilines is 1. The molecule has 0 saturated carbocycles. The Morgan fingerprint density at radius 3 is 2.57 bits per heavy atom. The molecule has 0 saturated heterocycles. The molecule has 4 rings (SSSR count). The van der Waals surface area contributed by atoms with E-state index in [0.717, 1.165) is 11.4 Å². The number of ether oxygens (including phenoxy) is 1. The summed E-state index contributed by atoms with van der Waals surface area (Å²) < 4.78 is 8.46. The zero-order valence-electron chi connectivity index (χ0n) is 16.8. The van der Waals surface area contributed by atoms with Crippen LogP contribution in [0.3, 0.4) is 0 Å². The predicted octanol–water partition coefficient (Wildman–Crippen LogP) is 2.64. The van der Waals surface area contributed by atoms with Crippen LogP contribution in [0, 0.1) is 20.8 Å². The molecule has 9 nitrogen and oxygen atoms in total. The van der Waals surface area contributed by atoms with E-state index in [9.17, 15) is 9.59 Å². The van der Waals surface area contributed by atoms with Crippen molar-refractivity contribution in [2.75, 3.05) is 11.9 Å². The molecule has 0 aliphatic carbocycles. The van der Waals surface area contributed by atoms with Crippen molar-refractivity contribution in [1.29, 1.82) is 0 Å². The maximum atomic E-state index is 12.5. The third-order valence-electron chi connectivity index (χ3n) is 4.67. The Morgan fingerprint density at radius 1 is 1.03 bits per heavy atom. The quantitative estimate of drug-likeness (QED) is 0.513. The SMILES string of the molecule is Cc1nn(-c2ccccc2)c(C)c1NC(=O)COC(=O)c1c(C)nn2cccnc12. The molecule has 0 unspecified atom stereocenters. The largest absolute Gasteiger partial charge is 0.452 e. The lowest BCUT2D eigenvalue weighted by Gasteiger charge is -2.08. The van der Waals surface area contributed by atoms with Crippen molar-refractivity contribution in [3.05, 3.63) is 71.4 Å². The van der Waals surface area contributed by atoms with Crippen LogP contribution in [0.5, 0.6) is 0 Å². The Labute approximate surface area is 172 Å². The first-order valence-electron chi connectivity index (χ1n) is 9.34. The lowest BCUT2D eigenvalue weighted by Crippen LogP contribution is -2.22. The van der Waals surface area contributed by atoms with E-state index < -0.39 is 18.5 Å². The fourth-order valence-electron chi connectivity index (χ4n) is 3.26. The summed E-state index contributed by atoms with van der Waals surface area (Å²) >= 11 is 0. The summed E-state index contributed by atoms with van der Waals surface area (Å²) in [5.74, 6) is -1.10. The number of benzene rings is 1. The minimum atomic E-state index is -0.648. The maximum Gasteiger partial charge on any atom is 0.344 e. The third kappa shape index (κ3) is 3.52. The van der Waals surface area contributed by atoms with E-state index in [1.54, 1.807) is 30.1 Å². The number of aryl methyl sites for hydroxylation is 2. The fourth-order valence-corrected chi connectivity index (χ4v) is 3.26. The highest BCUT2D eigenvalue weighted by atomic mass is 16.5. The molecule has 4 aromatic rings. The third-order valence-corrected chi connectivity index (χ3v) is 4.67. The summed E-state index contributed by atoms with van der Waals surface area (Å²) in [5.41, 5.74) is 4.04. The van der Waals surface area contributed by atoms with Crippen LogP contribution in [-0.2, 0) is 9.53 Å². The number of nitrogens with zero attached hydrogens (tertiary/aromatic N) is 5. The van der Waals surface area contributed by atoms with Gasteiger partial charge in [0.1, 0.15) is 5.56 Å². The standard InChI is InChI=1S/C21H20N6O3/c1-13-18(20-22-10-7-11-26(20)24-13)21(29)30-12-17(28)23-19-14(2)25-27(15(19)3)16-8-5-4-6-9-16/h4-11H,12H2,1-3H3,(H,23,28). The van der Waals surface area contributed by atoms with Crippen LogP contribution in [-0.4, -0.2) is 42.9 Å². The summed E-state index contributed by atoms with van der Waals surface area (Å²) in [7, 11) is 0. The van der Waals surface area contributed by atoms with Gasteiger partial charge in [0.05, 0.1) is 28.5 Å². The van der Waals surface area contributed by atoms with Crippen molar-refractivity contribution in [2.24, 2.45) is 0 Å². The van der Waals surface area contributed by atoms with Crippen LogP contribution >= 0.6 is 0 Å². The highest BCUT2D eigenvalue weighted by molar-refractivity contribution is 5.99. The van der Waals surface area contributed by atoms with Gasteiger partial charge in [-0.3, -0.25) is 4.79 Å². The van der Waals surface area contributed by atoms with E-state index in [4.69, 9.17) is 4.74 Å². The van der Waals surface area contributed by atoms with E-state index in [1.165, 1.54) is 4.52 Å². The monoisotopic (exact) mass is 404 g/mol. The number of hydrogen-bond acceptors (Lipinski definition) is 6. The van der Waals surface area contributed by atoms with Crippen molar-refractivity contribution < 1.29 is 14.3 Å². The molecule has 3 aromatic heterocycles. The van der Waals surface area contributed by atoms with Crippen molar-refractivity contribution >= 4 is 23.2 Å². The van der Waals surface area contributed by atoms with Gasteiger partial charge in [-0.15, -0.1) is 0 Å². The second-order valence-electron chi connectivity index (χ2n) is 6.77. The first-order chi connectivity index (χ1) is 14.5. The van der Waals surface area contributed by atoms with Gasteiger partial charge in [-0.1, -0.05) is 18.2 Å². The second-order valence-corrected chi connectivity index (χ2v) is 6.77. The number of esters is 1. The second kappa shape index (κ2) is 7.78. The Hall–Kier alpha value is -4.01. The fraction of sp³-hybridized carbons (Fsp3) is 0.190. The number of para-hydroxylation sites is 1. The zero-order valence-corrected chi connectivity index (χ0v) is 16.8. The number of nitrogens with one attached hydrogen (secondary N) is 1. The first kappa shape index (κ1) is 19.3. The Bertz CT molecular complexity index is 1240. The molecule has 0 fully saturated rings.